The fraction of sp³-hybridized carbons (Fsp3) is 0.333. The Balaban J connectivity index is 2.77. The molecule has 0 aromatic heterocycles. The maximum atomic E-state index is 11.1. The van der Waals surface area contributed by atoms with Gasteiger partial charge in [-0.3, -0.25) is 19.3 Å². The summed E-state index contributed by atoms with van der Waals surface area (Å²) in [5, 5.41) is 7.59. The van der Waals surface area contributed by atoms with Crippen LogP contribution in [0.3, 0.4) is 0 Å². The molecule has 1 heterocycles. The number of nitrogens with zero attached hydrogens (tertiary/aromatic N) is 1. The normalized spacial score (nSPS) is 25.5. The molecule has 2 unspecified atom stereocenters. The molecule has 8 heteroatoms. The first-order chi connectivity index (χ1) is 6.50. The molecule has 0 aromatic carbocycles. The van der Waals surface area contributed by atoms with Gasteiger partial charge in [0.05, 0.1) is 0 Å². The van der Waals surface area contributed by atoms with E-state index in [1.54, 1.807) is 0 Å². The Morgan fingerprint density at radius 3 is 2.57 bits per heavy atom. The molecule has 0 spiro atoms. The van der Waals surface area contributed by atoms with Gasteiger partial charge in [-0.25, -0.2) is 4.79 Å². The lowest BCUT2D eigenvalue weighted by molar-refractivity contribution is -0.164. The van der Waals surface area contributed by atoms with Gasteiger partial charge in [-0.15, -0.1) is 0 Å². The second kappa shape index (κ2) is 4.09. The maximum Gasteiger partial charge on any atom is 0.395 e. The number of β-lactam (4-membered cyclic amide) rings is 1. The number of alkyl halides is 1. The monoisotopic (exact) mass is 281 g/mol. The Morgan fingerprint density at radius 1 is 1.57 bits per heavy atom. The number of rotatable bonds is 2. The molecule has 14 heavy (non-hydrogen) atoms. The molecule has 0 bridgehead atoms. The first-order valence-electron chi connectivity index (χ1n) is 3.34. The van der Waals surface area contributed by atoms with Crippen LogP contribution in [0.1, 0.15) is 0 Å². The van der Waals surface area contributed by atoms with Crippen LogP contribution in [0.5, 0.6) is 0 Å². The standard InChI is InChI=1S/C6H4BrNO5S/c7-2-3(10)8(4(11)6(12)13)5(2)14-1-9/h1-2,5H,(H,12,13). The molecule has 2 atom stereocenters. The molecule has 1 aliphatic rings. The topological polar surface area (TPSA) is 91.8 Å². The van der Waals surface area contributed by atoms with E-state index in [-0.39, 0.29) is 0 Å². The van der Waals surface area contributed by atoms with Crippen molar-refractivity contribution in [3.63, 3.8) is 0 Å². The van der Waals surface area contributed by atoms with Gasteiger partial charge in [0.1, 0.15) is 10.2 Å². The van der Waals surface area contributed by atoms with Crippen molar-refractivity contribution >= 4 is 51.1 Å². The van der Waals surface area contributed by atoms with Gasteiger partial charge in [-0.1, -0.05) is 27.7 Å². The van der Waals surface area contributed by atoms with Crippen LogP contribution < -0.4 is 0 Å². The van der Waals surface area contributed by atoms with Gasteiger partial charge < -0.3 is 5.11 Å². The van der Waals surface area contributed by atoms with Crippen LogP contribution in [0.25, 0.3) is 0 Å². The number of carbonyl (C=O) groups is 4. The summed E-state index contributed by atoms with van der Waals surface area (Å²) >= 11 is 3.61. The largest absolute Gasteiger partial charge is 0.474 e. The van der Waals surface area contributed by atoms with Crippen molar-refractivity contribution in [2.45, 2.75) is 10.2 Å². The van der Waals surface area contributed by atoms with Crippen LogP contribution in [-0.2, 0) is 19.2 Å². The summed E-state index contributed by atoms with van der Waals surface area (Å²) in [6.45, 7) is 0. The SMILES string of the molecule is O=CSC1C(Br)C(=O)N1C(=O)C(=O)O. The van der Waals surface area contributed by atoms with Crippen molar-refractivity contribution in [1.29, 1.82) is 0 Å². The zero-order chi connectivity index (χ0) is 10.9. The van der Waals surface area contributed by atoms with Crippen LogP contribution in [0, 0.1) is 0 Å². The number of carboxylic acid groups (broad SMARTS) is 1. The summed E-state index contributed by atoms with van der Waals surface area (Å²) in [7, 11) is 0. The smallest absolute Gasteiger partial charge is 0.395 e. The molecule has 6 nitrogen and oxygen atoms in total. The summed E-state index contributed by atoms with van der Waals surface area (Å²) < 4.78 is 0. The van der Waals surface area contributed by atoms with E-state index < -0.39 is 28.0 Å². The number of halogens is 1. The Morgan fingerprint density at radius 2 is 2.14 bits per heavy atom. The van der Waals surface area contributed by atoms with Crippen molar-refractivity contribution in [2.24, 2.45) is 0 Å². The first kappa shape index (κ1) is 11.2. The van der Waals surface area contributed by atoms with Crippen molar-refractivity contribution in [3.8, 4) is 0 Å². The Hall–Kier alpha value is -0.890. The molecule has 1 rings (SSSR count). The number of hydrogen-bond donors (Lipinski definition) is 1. The van der Waals surface area contributed by atoms with Crippen LogP contribution in [0.2, 0.25) is 0 Å². The highest BCUT2D eigenvalue weighted by Crippen LogP contribution is 2.33. The number of carbonyl (C=O) groups excluding carboxylic acids is 3. The highest BCUT2D eigenvalue weighted by atomic mass is 79.9. The summed E-state index contributed by atoms with van der Waals surface area (Å²) in [6.07, 6.45) is 0. The predicted octanol–water partition coefficient (Wildman–Crippen LogP) is -0.547. The van der Waals surface area contributed by atoms with Crippen molar-refractivity contribution in [2.75, 3.05) is 0 Å². The summed E-state index contributed by atoms with van der Waals surface area (Å²) in [5.74, 6) is -3.67. The first-order valence-corrected chi connectivity index (χ1v) is 5.20. The lowest BCUT2D eigenvalue weighted by Gasteiger charge is -2.39. The second-order valence-corrected chi connectivity index (χ2v) is 4.28. The van der Waals surface area contributed by atoms with Gasteiger partial charge in [0.15, 0.2) is 5.62 Å². The van der Waals surface area contributed by atoms with E-state index in [4.69, 9.17) is 5.11 Å². The molecule has 0 saturated carbocycles. The molecule has 76 valence electrons. The number of carboxylic acids is 1. The van der Waals surface area contributed by atoms with Crippen LogP contribution in [-0.4, -0.2) is 43.6 Å². The Labute approximate surface area is 90.7 Å². The predicted molar refractivity (Wildman–Crippen MR) is 50.3 cm³/mol. The summed E-state index contributed by atoms with van der Waals surface area (Å²) in [4.78, 5) is 42.3. The molecule has 1 N–H and O–H groups in total. The Kier molecular flexibility index (Phi) is 3.27. The van der Waals surface area contributed by atoms with Gasteiger partial charge in [0.2, 0.25) is 5.91 Å². The van der Waals surface area contributed by atoms with Crippen molar-refractivity contribution in [1.82, 2.24) is 4.90 Å². The van der Waals surface area contributed by atoms with E-state index in [1.165, 1.54) is 0 Å². The van der Waals surface area contributed by atoms with Gasteiger partial charge >= 0.3 is 11.9 Å². The number of amides is 2. The average Bonchev–Trinajstić information content (AvgIpc) is 2.16. The molecule has 0 radical (unpaired) electrons. The number of likely N-dealkylation sites (tertiary alicyclic amines) is 1. The van der Waals surface area contributed by atoms with Gasteiger partial charge in [-0.05, 0) is 0 Å². The minimum Gasteiger partial charge on any atom is -0.474 e. The van der Waals surface area contributed by atoms with E-state index in [0.29, 0.717) is 22.3 Å². The second-order valence-electron chi connectivity index (χ2n) is 2.34. The minimum atomic E-state index is -1.71. The number of imide groups is 1. The van der Waals surface area contributed by atoms with Crippen molar-refractivity contribution < 1.29 is 24.3 Å². The van der Waals surface area contributed by atoms with Gasteiger partial charge in [0.25, 0.3) is 0 Å². The van der Waals surface area contributed by atoms with E-state index in [9.17, 15) is 19.2 Å². The highest BCUT2D eigenvalue weighted by Gasteiger charge is 2.51. The summed E-state index contributed by atoms with van der Waals surface area (Å²) in [5.41, 5.74) is 0.452. The van der Waals surface area contributed by atoms with E-state index in [0.717, 1.165) is 0 Å². The zero-order valence-electron chi connectivity index (χ0n) is 6.55. The third-order valence-electron chi connectivity index (χ3n) is 1.57. The molecule has 1 aliphatic heterocycles. The van der Waals surface area contributed by atoms with Crippen molar-refractivity contribution in [3.05, 3.63) is 0 Å². The molecule has 0 aliphatic carbocycles. The molecule has 1 saturated heterocycles. The third kappa shape index (κ3) is 1.67. The number of thioether (sulfide) groups is 1. The minimum absolute atomic E-state index is 0.452. The fourth-order valence-corrected chi connectivity index (χ4v) is 2.45. The average molecular weight is 282 g/mol. The Bertz CT molecular complexity index is 319. The lowest BCUT2D eigenvalue weighted by Crippen LogP contribution is -2.64. The molecule has 2 amide bonds. The van der Waals surface area contributed by atoms with Gasteiger partial charge in [-0.2, -0.15) is 0 Å². The maximum absolute atomic E-state index is 11.1. The summed E-state index contributed by atoms with van der Waals surface area (Å²) in [6, 6.07) is 0. The van der Waals surface area contributed by atoms with Gasteiger partial charge in [0, 0.05) is 0 Å². The van der Waals surface area contributed by atoms with E-state index in [1.807, 2.05) is 0 Å². The van der Waals surface area contributed by atoms with E-state index in [2.05, 4.69) is 15.9 Å². The molecular weight excluding hydrogens is 278 g/mol. The van der Waals surface area contributed by atoms with E-state index >= 15 is 0 Å². The fourth-order valence-electron chi connectivity index (χ4n) is 0.934. The van der Waals surface area contributed by atoms with Crippen LogP contribution >= 0.6 is 27.7 Å². The van der Waals surface area contributed by atoms with Crippen LogP contribution in [0.4, 0.5) is 0 Å². The number of hydrogen-bond acceptors (Lipinski definition) is 5. The molecule has 0 aromatic rings. The number of aliphatic carboxylic acids is 1. The third-order valence-corrected chi connectivity index (χ3v) is 3.69. The highest BCUT2D eigenvalue weighted by molar-refractivity contribution is 9.10. The zero-order valence-corrected chi connectivity index (χ0v) is 8.95. The molecular formula is C6H4BrNO5S. The quantitative estimate of drug-likeness (QED) is 0.316. The molecule has 1 fully saturated rings. The lowest BCUT2D eigenvalue weighted by atomic mass is 10.2. The van der Waals surface area contributed by atoms with Crippen LogP contribution in [0.15, 0.2) is 0 Å².